The molecule has 0 radical (unpaired) electrons. The van der Waals surface area contributed by atoms with Crippen LogP contribution in [0.1, 0.15) is 29.8 Å². The number of rotatable bonds is 4. The van der Waals surface area contributed by atoms with Gasteiger partial charge in [-0.1, -0.05) is 22.4 Å². The van der Waals surface area contributed by atoms with E-state index < -0.39 is 4.92 Å². The molecule has 1 fully saturated rings. The number of aromatic nitrogens is 1. The van der Waals surface area contributed by atoms with E-state index in [4.69, 9.17) is 0 Å². The van der Waals surface area contributed by atoms with Crippen molar-refractivity contribution in [2.75, 3.05) is 5.33 Å². The molecule has 19 heavy (non-hydrogen) atoms. The second-order valence-electron chi connectivity index (χ2n) is 4.82. The lowest BCUT2D eigenvalue weighted by Crippen LogP contribution is -2.38. The van der Waals surface area contributed by atoms with Gasteiger partial charge in [-0.2, -0.15) is 0 Å². The number of carbonyl (C=O) groups is 1. The molecule has 1 aromatic heterocycles. The molecule has 0 aliphatic heterocycles. The largest absolute Gasteiger partial charge is 0.358 e. The lowest BCUT2D eigenvalue weighted by molar-refractivity contribution is -0.391. The van der Waals surface area contributed by atoms with Crippen LogP contribution in [-0.2, 0) is 7.05 Å². The SMILES string of the molecule is Cn1c(C(=O)NC2CCCC2CBr)ccc1[N+](=O)[O-]. The van der Waals surface area contributed by atoms with Crippen molar-refractivity contribution in [3.8, 4) is 0 Å². The molecule has 0 saturated heterocycles. The molecule has 1 aliphatic carbocycles. The van der Waals surface area contributed by atoms with Gasteiger partial charge in [0.15, 0.2) is 5.69 Å². The molecule has 7 heteroatoms. The minimum atomic E-state index is -0.492. The lowest BCUT2D eigenvalue weighted by Gasteiger charge is -2.18. The van der Waals surface area contributed by atoms with Gasteiger partial charge < -0.3 is 15.4 Å². The number of alkyl halides is 1. The minimum Gasteiger partial charge on any atom is -0.358 e. The van der Waals surface area contributed by atoms with Crippen LogP contribution in [0, 0.1) is 16.0 Å². The number of nitrogens with zero attached hydrogens (tertiary/aromatic N) is 2. The first kappa shape index (κ1) is 14.0. The number of nitro groups is 1. The van der Waals surface area contributed by atoms with Crippen molar-refractivity contribution < 1.29 is 9.72 Å². The van der Waals surface area contributed by atoms with Gasteiger partial charge >= 0.3 is 5.82 Å². The Hall–Kier alpha value is -1.37. The Balaban J connectivity index is 2.10. The normalized spacial score (nSPS) is 22.4. The van der Waals surface area contributed by atoms with Crippen LogP contribution in [0.3, 0.4) is 0 Å². The zero-order valence-corrected chi connectivity index (χ0v) is 12.2. The van der Waals surface area contributed by atoms with Gasteiger partial charge in [-0.05, 0) is 29.7 Å². The Labute approximate surface area is 119 Å². The Morgan fingerprint density at radius 1 is 1.58 bits per heavy atom. The molecule has 2 atom stereocenters. The van der Waals surface area contributed by atoms with E-state index in [1.807, 2.05) is 0 Å². The summed E-state index contributed by atoms with van der Waals surface area (Å²) in [6, 6.07) is 3.00. The minimum absolute atomic E-state index is 0.0754. The third kappa shape index (κ3) is 2.80. The molecule has 1 saturated carbocycles. The molecule has 1 aliphatic rings. The highest BCUT2D eigenvalue weighted by Gasteiger charge is 2.30. The van der Waals surface area contributed by atoms with Gasteiger partial charge in [0.1, 0.15) is 0 Å². The number of hydrogen-bond donors (Lipinski definition) is 1. The quantitative estimate of drug-likeness (QED) is 0.522. The average Bonchev–Trinajstić information content (AvgIpc) is 2.95. The summed E-state index contributed by atoms with van der Waals surface area (Å²) in [6.45, 7) is 0. The highest BCUT2D eigenvalue weighted by Crippen LogP contribution is 2.27. The molecular weight excluding hydrogens is 314 g/mol. The maximum Gasteiger partial charge on any atom is 0.323 e. The van der Waals surface area contributed by atoms with Crippen LogP contribution < -0.4 is 5.32 Å². The third-order valence-electron chi connectivity index (χ3n) is 3.69. The van der Waals surface area contributed by atoms with Gasteiger partial charge in [-0.3, -0.25) is 4.79 Å². The van der Waals surface area contributed by atoms with Crippen LogP contribution in [0.5, 0.6) is 0 Å². The van der Waals surface area contributed by atoms with E-state index in [-0.39, 0.29) is 17.8 Å². The van der Waals surface area contributed by atoms with Gasteiger partial charge in [-0.15, -0.1) is 0 Å². The van der Waals surface area contributed by atoms with E-state index in [1.165, 1.54) is 23.7 Å². The maximum absolute atomic E-state index is 12.1. The molecule has 0 bridgehead atoms. The average molecular weight is 330 g/mol. The smallest absolute Gasteiger partial charge is 0.323 e. The number of nitrogens with one attached hydrogen (secondary N) is 1. The molecule has 104 valence electrons. The maximum atomic E-state index is 12.1. The van der Waals surface area contributed by atoms with Crippen molar-refractivity contribution in [2.24, 2.45) is 13.0 Å². The van der Waals surface area contributed by atoms with E-state index in [1.54, 1.807) is 0 Å². The van der Waals surface area contributed by atoms with Crippen LogP contribution in [0.25, 0.3) is 0 Å². The first-order valence-corrected chi connectivity index (χ1v) is 7.33. The van der Waals surface area contributed by atoms with Crippen LogP contribution in [0.15, 0.2) is 12.1 Å². The summed E-state index contributed by atoms with van der Waals surface area (Å²) in [5.74, 6) is 0.126. The van der Waals surface area contributed by atoms with Crippen molar-refractivity contribution in [2.45, 2.75) is 25.3 Å². The van der Waals surface area contributed by atoms with E-state index in [0.717, 1.165) is 24.6 Å². The number of carbonyl (C=O) groups excluding carboxylic acids is 1. The molecule has 6 nitrogen and oxygen atoms in total. The monoisotopic (exact) mass is 329 g/mol. The van der Waals surface area contributed by atoms with Crippen LogP contribution in [0.4, 0.5) is 5.82 Å². The Morgan fingerprint density at radius 2 is 2.32 bits per heavy atom. The highest BCUT2D eigenvalue weighted by atomic mass is 79.9. The predicted octanol–water partition coefficient (Wildman–Crippen LogP) is 2.23. The summed E-state index contributed by atoms with van der Waals surface area (Å²) >= 11 is 3.45. The number of hydrogen-bond acceptors (Lipinski definition) is 3. The lowest BCUT2D eigenvalue weighted by atomic mass is 10.1. The Morgan fingerprint density at radius 3 is 2.89 bits per heavy atom. The van der Waals surface area contributed by atoms with E-state index in [0.29, 0.717) is 11.6 Å². The van der Waals surface area contributed by atoms with Gasteiger partial charge in [-0.25, -0.2) is 4.57 Å². The fourth-order valence-electron chi connectivity index (χ4n) is 2.57. The van der Waals surface area contributed by atoms with Crippen molar-refractivity contribution in [3.63, 3.8) is 0 Å². The summed E-state index contributed by atoms with van der Waals surface area (Å²) in [5.41, 5.74) is 0.326. The Kier molecular flexibility index (Phi) is 4.24. The molecular formula is C12H16BrN3O3. The molecule has 1 aromatic rings. The van der Waals surface area contributed by atoms with Crippen molar-refractivity contribution in [3.05, 3.63) is 27.9 Å². The Bertz CT molecular complexity index is 500. The van der Waals surface area contributed by atoms with Crippen molar-refractivity contribution >= 4 is 27.7 Å². The first-order chi connectivity index (χ1) is 9.04. The summed E-state index contributed by atoms with van der Waals surface area (Å²) in [7, 11) is 1.53. The second kappa shape index (κ2) is 5.73. The molecule has 1 heterocycles. The summed E-state index contributed by atoms with van der Waals surface area (Å²) in [5, 5.41) is 14.6. The first-order valence-electron chi connectivity index (χ1n) is 6.21. The summed E-state index contributed by atoms with van der Waals surface area (Å²) in [4.78, 5) is 22.4. The zero-order chi connectivity index (χ0) is 14.0. The molecule has 0 aromatic carbocycles. The fourth-order valence-corrected chi connectivity index (χ4v) is 3.34. The van der Waals surface area contributed by atoms with E-state index >= 15 is 0 Å². The topological polar surface area (TPSA) is 77.2 Å². The molecule has 2 rings (SSSR count). The van der Waals surface area contributed by atoms with Gasteiger partial charge in [0.05, 0.1) is 7.05 Å². The molecule has 2 unspecified atom stereocenters. The second-order valence-corrected chi connectivity index (χ2v) is 5.47. The van der Waals surface area contributed by atoms with Gasteiger partial charge in [0.2, 0.25) is 0 Å². The predicted molar refractivity (Wildman–Crippen MR) is 74.5 cm³/mol. The standard InChI is InChI=1S/C12H16BrN3O3/c1-15-10(5-6-11(15)16(18)19)12(17)14-9-4-2-3-8(9)7-13/h5-6,8-9H,2-4,7H2,1H3,(H,14,17). The number of amides is 1. The fraction of sp³-hybridized carbons (Fsp3) is 0.583. The van der Waals surface area contributed by atoms with E-state index in [2.05, 4.69) is 21.2 Å². The van der Waals surface area contributed by atoms with Gasteiger partial charge in [0, 0.05) is 17.4 Å². The van der Waals surface area contributed by atoms with Gasteiger partial charge in [0.25, 0.3) is 5.91 Å². The third-order valence-corrected chi connectivity index (χ3v) is 4.52. The zero-order valence-electron chi connectivity index (χ0n) is 10.6. The van der Waals surface area contributed by atoms with Crippen molar-refractivity contribution in [1.29, 1.82) is 0 Å². The number of halogens is 1. The summed E-state index contributed by atoms with van der Waals surface area (Å²) < 4.78 is 1.31. The summed E-state index contributed by atoms with van der Waals surface area (Å²) in [6.07, 6.45) is 3.17. The van der Waals surface area contributed by atoms with Crippen LogP contribution >= 0.6 is 15.9 Å². The molecule has 1 amide bonds. The highest BCUT2D eigenvalue weighted by molar-refractivity contribution is 9.09. The molecule has 1 N–H and O–H groups in total. The molecule has 0 spiro atoms. The van der Waals surface area contributed by atoms with Crippen molar-refractivity contribution in [1.82, 2.24) is 9.88 Å². The van der Waals surface area contributed by atoms with E-state index in [9.17, 15) is 14.9 Å². The van der Waals surface area contributed by atoms with Crippen LogP contribution in [0.2, 0.25) is 0 Å². The van der Waals surface area contributed by atoms with Crippen LogP contribution in [-0.4, -0.2) is 26.8 Å².